The number of carboxylic acid groups (broad SMARTS) is 1. The van der Waals surface area contributed by atoms with Crippen LogP contribution in [0.15, 0.2) is 29.6 Å². The number of aromatic carboxylic acids is 1. The molecule has 110 valence electrons. The molecule has 0 spiro atoms. The molecule has 1 unspecified atom stereocenters. The monoisotopic (exact) mass is 304 g/mol. The molecular weight excluding hydrogens is 288 g/mol. The van der Waals surface area contributed by atoms with Crippen molar-refractivity contribution in [3.63, 3.8) is 0 Å². The molecular formula is C15H16N2O3S. The Bertz CT molecular complexity index is 666. The third-order valence-electron chi connectivity index (χ3n) is 3.00. The lowest BCUT2D eigenvalue weighted by atomic mass is 10.1. The van der Waals surface area contributed by atoms with E-state index in [0.29, 0.717) is 12.1 Å². The average Bonchev–Trinajstić information content (AvgIpc) is 2.91. The Morgan fingerprint density at radius 2 is 2.10 bits per heavy atom. The van der Waals surface area contributed by atoms with Crippen molar-refractivity contribution in [2.45, 2.75) is 19.8 Å². The van der Waals surface area contributed by atoms with Crippen molar-refractivity contribution >= 4 is 23.2 Å². The molecule has 0 saturated heterocycles. The smallest absolute Gasteiger partial charge is 0.335 e. The second-order valence-corrected chi connectivity index (χ2v) is 5.71. The van der Waals surface area contributed by atoms with E-state index in [1.54, 1.807) is 23.5 Å². The molecule has 1 atom stereocenters. The molecule has 0 radical (unpaired) electrons. The SMILES string of the molecule is Cc1csc(C(C)CNC(=O)c2cccc(C(=O)O)c2)n1. The standard InChI is InChI=1S/C15H16N2O3S/c1-9(14-17-10(2)8-21-14)7-16-13(18)11-4-3-5-12(6-11)15(19)20/h3-6,8-9H,7H2,1-2H3,(H,16,18)(H,19,20). The van der Waals surface area contributed by atoms with Crippen molar-refractivity contribution in [3.05, 3.63) is 51.5 Å². The number of hydrogen-bond donors (Lipinski definition) is 2. The topological polar surface area (TPSA) is 79.3 Å². The molecule has 1 heterocycles. The Kier molecular flexibility index (Phi) is 4.70. The van der Waals surface area contributed by atoms with E-state index in [1.165, 1.54) is 12.1 Å². The molecule has 5 nitrogen and oxygen atoms in total. The number of nitrogens with one attached hydrogen (secondary N) is 1. The predicted molar refractivity (Wildman–Crippen MR) is 81.0 cm³/mol. The van der Waals surface area contributed by atoms with E-state index >= 15 is 0 Å². The first-order valence-electron chi connectivity index (χ1n) is 6.51. The number of hydrogen-bond acceptors (Lipinski definition) is 4. The third-order valence-corrected chi connectivity index (χ3v) is 4.19. The van der Waals surface area contributed by atoms with Crippen molar-refractivity contribution in [2.24, 2.45) is 0 Å². The fourth-order valence-corrected chi connectivity index (χ4v) is 2.68. The summed E-state index contributed by atoms with van der Waals surface area (Å²) in [7, 11) is 0. The maximum atomic E-state index is 12.0. The zero-order valence-corrected chi connectivity index (χ0v) is 12.6. The van der Waals surface area contributed by atoms with Crippen LogP contribution in [0.2, 0.25) is 0 Å². The van der Waals surface area contributed by atoms with Crippen molar-refractivity contribution < 1.29 is 14.7 Å². The first-order chi connectivity index (χ1) is 9.97. The molecule has 6 heteroatoms. The molecule has 1 aromatic carbocycles. The predicted octanol–water partition coefficient (Wildman–Crippen LogP) is 2.68. The summed E-state index contributed by atoms with van der Waals surface area (Å²) in [5.41, 5.74) is 1.42. The van der Waals surface area contributed by atoms with Gasteiger partial charge in [0.1, 0.15) is 0 Å². The van der Waals surface area contributed by atoms with E-state index in [-0.39, 0.29) is 17.4 Å². The molecule has 2 rings (SSSR count). The molecule has 2 aromatic rings. The number of carbonyl (C=O) groups excluding carboxylic acids is 1. The first-order valence-corrected chi connectivity index (χ1v) is 7.39. The van der Waals surface area contributed by atoms with Crippen molar-refractivity contribution in [3.8, 4) is 0 Å². The van der Waals surface area contributed by atoms with E-state index in [9.17, 15) is 9.59 Å². The van der Waals surface area contributed by atoms with Gasteiger partial charge in [-0.3, -0.25) is 4.79 Å². The van der Waals surface area contributed by atoms with Gasteiger partial charge in [-0.15, -0.1) is 11.3 Å². The van der Waals surface area contributed by atoms with E-state index < -0.39 is 5.97 Å². The van der Waals surface area contributed by atoms with Gasteiger partial charge in [-0.2, -0.15) is 0 Å². The van der Waals surface area contributed by atoms with Gasteiger partial charge in [0.25, 0.3) is 5.91 Å². The average molecular weight is 304 g/mol. The highest BCUT2D eigenvalue weighted by Gasteiger charge is 2.13. The summed E-state index contributed by atoms with van der Waals surface area (Å²) in [6.07, 6.45) is 0. The fraction of sp³-hybridized carbons (Fsp3) is 0.267. The van der Waals surface area contributed by atoms with Crippen molar-refractivity contribution in [1.82, 2.24) is 10.3 Å². The number of rotatable bonds is 5. The van der Waals surface area contributed by atoms with E-state index in [4.69, 9.17) is 5.11 Å². The maximum Gasteiger partial charge on any atom is 0.335 e. The summed E-state index contributed by atoms with van der Waals surface area (Å²) < 4.78 is 0. The van der Waals surface area contributed by atoms with Gasteiger partial charge in [0.15, 0.2) is 0 Å². The van der Waals surface area contributed by atoms with Crippen LogP contribution in [0.4, 0.5) is 0 Å². The minimum Gasteiger partial charge on any atom is -0.478 e. The second-order valence-electron chi connectivity index (χ2n) is 4.82. The number of nitrogens with zero attached hydrogens (tertiary/aromatic N) is 1. The number of thiazole rings is 1. The second kappa shape index (κ2) is 6.49. The van der Waals surface area contributed by atoms with Crippen LogP contribution in [-0.2, 0) is 0 Å². The highest BCUT2D eigenvalue weighted by Crippen LogP contribution is 2.19. The van der Waals surface area contributed by atoms with Crippen LogP contribution in [0.3, 0.4) is 0 Å². The zero-order valence-electron chi connectivity index (χ0n) is 11.8. The third kappa shape index (κ3) is 3.88. The Labute approximate surface area is 126 Å². The summed E-state index contributed by atoms with van der Waals surface area (Å²) in [6, 6.07) is 5.99. The first kappa shape index (κ1) is 15.2. The molecule has 1 aromatic heterocycles. The van der Waals surface area contributed by atoms with Crippen LogP contribution in [0, 0.1) is 6.92 Å². The van der Waals surface area contributed by atoms with Gasteiger partial charge in [0.2, 0.25) is 0 Å². The van der Waals surface area contributed by atoms with Gasteiger partial charge in [0.05, 0.1) is 10.6 Å². The van der Waals surface area contributed by atoms with Gasteiger partial charge < -0.3 is 10.4 Å². The van der Waals surface area contributed by atoms with Crippen molar-refractivity contribution in [1.29, 1.82) is 0 Å². The quantitative estimate of drug-likeness (QED) is 0.890. The van der Waals surface area contributed by atoms with E-state index in [1.807, 2.05) is 19.2 Å². The lowest BCUT2D eigenvalue weighted by molar-refractivity contribution is 0.0697. The lowest BCUT2D eigenvalue weighted by Gasteiger charge is -2.10. The minimum atomic E-state index is -1.05. The van der Waals surface area contributed by atoms with Crippen LogP contribution in [0.25, 0.3) is 0 Å². The number of benzene rings is 1. The van der Waals surface area contributed by atoms with Crippen LogP contribution in [-0.4, -0.2) is 28.5 Å². The van der Waals surface area contributed by atoms with Gasteiger partial charge in [0, 0.05) is 29.1 Å². The highest BCUT2D eigenvalue weighted by molar-refractivity contribution is 7.09. The molecule has 0 aliphatic carbocycles. The molecule has 0 aliphatic rings. The van der Waals surface area contributed by atoms with Crippen LogP contribution < -0.4 is 5.32 Å². The van der Waals surface area contributed by atoms with Gasteiger partial charge >= 0.3 is 5.97 Å². The molecule has 0 saturated carbocycles. The van der Waals surface area contributed by atoms with E-state index in [0.717, 1.165) is 10.7 Å². The van der Waals surface area contributed by atoms with E-state index in [2.05, 4.69) is 10.3 Å². The van der Waals surface area contributed by atoms with Crippen LogP contribution in [0.1, 0.15) is 44.3 Å². The van der Waals surface area contributed by atoms with Crippen molar-refractivity contribution in [2.75, 3.05) is 6.54 Å². The molecule has 1 amide bonds. The number of aromatic nitrogens is 1. The minimum absolute atomic E-state index is 0.103. The Hall–Kier alpha value is -2.21. The Balaban J connectivity index is 1.98. The Morgan fingerprint density at radius 3 is 2.71 bits per heavy atom. The van der Waals surface area contributed by atoms with Crippen LogP contribution in [0.5, 0.6) is 0 Å². The van der Waals surface area contributed by atoms with Gasteiger partial charge in [-0.1, -0.05) is 13.0 Å². The maximum absolute atomic E-state index is 12.0. The normalized spacial score (nSPS) is 11.9. The molecule has 2 N–H and O–H groups in total. The molecule has 21 heavy (non-hydrogen) atoms. The molecule has 0 fully saturated rings. The molecule has 0 aliphatic heterocycles. The lowest BCUT2D eigenvalue weighted by Crippen LogP contribution is -2.27. The van der Waals surface area contributed by atoms with Crippen LogP contribution >= 0.6 is 11.3 Å². The fourth-order valence-electron chi connectivity index (χ4n) is 1.83. The number of aryl methyl sites for hydroxylation is 1. The highest BCUT2D eigenvalue weighted by atomic mass is 32.1. The number of amides is 1. The summed E-state index contributed by atoms with van der Waals surface area (Å²) >= 11 is 1.57. The summed E-state index contributed by atoms with van der Waals surface area (Å²) in [4.78, 5) is 27.3. The Morgan fingerprint density at radius 1 is 1.38 bits per heavy atom. The number of carbonyl (C=O) groups is 2. The zero-order chi connectivity index (χ0) is 15.4. The van der Waals surface area contributed by atoms with Gasteiger partial charge in [-0.25, -0.2) is 9.78 Å². The summed E-state index contributed by atoms with van der Waals surface area (Å²) in [5, 5.41) is 14.7. The molecule has 0 bridgehead atoms. The summed E-state index contributed by atoms with van der Waals surface area (Å²) in [6.45, 7) is 4.39. The summed E-state index contributed by atoms with van der Waals surface area (Å²) in [5.74, 6) is -1.20. The largest absolute Gasteiger partial charge is 0.478 e. The number of carboxylic acids is 1. The van der Waals surface area contributed by atoms with Gasteiger partial charge in [-0.05, 0) is 25.1 Å².